The Labute approximate surface area is 107 Å². The van der Waals surface area contributed by atoms with Crippen molar-refractivity contribution >= 4 is 16.5 Å². The second-order valence-electron chi connectivity index (χ2n) is 4.55. The van der Waals surface area contributed by atoms with Crippen LogP contribution in [0.4, 0.5) is 5.13 Å². The fourth-order valence-corrected chi connectivity index (χ4v) is 2.21. The van der Waals surface area contributed by atoms with Crippen molar-refractivity contribution in [1.29, 1.82) is 0 Å². The average Bonchev–Trinajstić information content (AvgIpc) is 3.05. The number of thiazole rings is 1. The molecule has 0 bridgehead atoms. The van der Waals surface area contributed by atoms with Crippen LogP contribution in [0.1, 0.15) is 25.0 Å². The van der Waals surface area contributed by atoms with Crippen LogP contribution in [-0.2, 0) is 11.2 Å². The van der Waals surface area contributed by atoms with Gasteiger partial charge in [-0.1, -0.05) is 0 Å². The van der Waals surface area contributed by atoms with Crippen LogP contribution in [-0.4, -0.2) is 31.3 Å². The smallest absolute Gasteiger partial charge is 0.180 e. The lowest BCUT2D eigenvalue weighted by Gasteiger charge is -2.04. The molecule has 5 heteroatoms. The molecule has 1 aromatic rings. The maximum atomic E-state index is 5.56. The Morgan fingerprint density at radius 3 is 3.06 bits per heavy atom. The van der Waals surface area contributed by atoms with E-state index < -0.39 is 0 Å². The first-order valence-corrected chi connectivity index (χ1v) is 7.21. The zero-order valence-corrected chi connectivity index (χ0v) is 11.0. The second kappa shape index (κ2) is 6.93. The molecule has 0 aliphatic heterocycles. The third-order valence-corrected chi connectivity index (χ3v) is 3.54. The highest BCUT2D eigenvalue weighted by molar-refractivity contribution is 7.13. The lowest BCUT2D eigenvalue weighted by atomic mass is 10.3. The van der Waals surface area contributed by atoms with Gasteiger partial charge in [-0.15, -0.1) is 11.3 Å². The zero-order chi connectivity index (χ0) is 11.9. The van der Waals surface area contributed by atoms with Gasteiger partial charge in [0.05, 0.1) is 5.69 Å². The minimum atomic E-state index is 0.661. The van der Waals surface area contributed by atoms with Gasteiger partial charge in [-0.3, -0.25) is 0 Å². The number of nitrogen functional groups attached to an aromatic ring is 1. The van der Waals surface area contributed by atoms with Gasteiger partial charge in [-0.05, 0) is 31.7 Å². The van der Waals surface area contributed by atoms with Crippen molar-refractivity contribution < 1.29 is 4.74 Å². The Morgan fingerprint density at radius 2 is 2.35 bits per heavy atom. The molecule has 0 unspecified atom stereocenters. The van der Waals surface area contributed by atoms with Crippen LogP contribution in [0.15, 0.2) is 5.38 Å². The summed E-state index contributed by atoms with van der Waals surface area (Å²) >= 11 is 1.51. The first-order chi connectivity index (χ1) is 8.34. The third-order valence-electron chi connectivity index (χ3n) is 2.82. The highest BCUT2D eigenvalue weighted by atomic mass is 32.1. The largest absolute Gasteiger partial charge is 0.381 e. The number of ether oxygens (including phenoxy) is 1. The lowest BCUT2D eigenvalue weighted by Crippen LogP contribution is -2.20. The van der Waals surface area contributed by atoms with E-state index in [0.717, 1.165) is 50.8 Å². The van der Waals surface area contributed by atoms with Gasteiger partial charge in [-0.25, -0.2) is 4.98 Å². The quantitative estimate of drug-likeness (QED) is 0.659. The summed E-state index contributed by atoms with van der Waals surface area (Å²) < 4.78 is 5.56. The summed E-state index contributed by atoms with van der Waals surface area (Å²) in [6.45, 7) is 3.83. The number of hydrogen-bond acceptors (Lipinski definition) is 5. The van der Waals surface area contributed by atoms with Crippen LogP contribution in [0, 0.1) is 5.92 Å². The van der Waals surface area contributed by atoms with Gasteiger partial charge in [0.15, 0.2) is 5.13 Å². The first-order valence-electron chi connectivity index (χ1n) is 6.33. The number of rotatable bonds is 9. The van der Waals surface area contributed by atoms with Gasteiger partial charge in [0, 0.05) is 31.6 Å². The predicted octanol–water partition coefficient (Wildman–Crippen LogP) is 1.67. The molecule has 0 saturated heterocycles. The number of anilines is 1. The van der Waals surface area contributed by atoms with Crippen LogP contribution in [0.3, 0.4) is 0 Å². The molecular formula is C12H21N3OS. The minimum absolute atomic E-state index is 0.661. The molecule has 1 aliphatic rings. The standard InChI is InChI=1S/C12H21N3OS/c13-12-15-11(9-17-12)4-6-14-5-1-7-16-8-10-2-3-10/h9-10,14H,1-8H2,(H2,13,15). The third kappa shape index (κ3) is 5.48. The van der Waals surface area contributed by atoms with Crippen molar-refractivity contribution in [3.8, 4) is 0 Å². The summed E-state index contributed by atoms with van der Waals surface area (Å²) in [4.78, 5) is 4.22. The van der Waals surface area contributed by atoms with Gasteiger partial charge < -0.3 is 15.8 Å². The molecule has 0 aromatic carbocycles. The Hall–Kier alpha value is -0.650. The Balaban J connectivity index is 1.38. The number of nitrogens with two attached hydrogens (primary N) is 1. The molecule has 17 heavy (non-hydrogen) atoms. The van der Waals surface area contributed by atoms with Crippen LogP contribution < -0.4 is 11.1 Å². The predicted molar refractivity (Wildman–Crippen MR) is 71.3 cm³/mol. The van der Waals surface area contributed by atoms with E-state index in [0.29, 0.717) is 5.13 Å². The van der Waals surface area contributed by atoms with E-state index in [4.69, 9.17) is 10.5 Å². The second-order valence-corrected chi connectivity index (χ2v) is 5.44. The molecule has 3 N–H and O–H groups in total. The summed E-state index contributed by atoms with van der Waals surface area (Å²) in [5, 5.41) is 6.07. The van der Waals surface area contributed by atoms with Crippen molar-refractivity contribution in [3.05, 3.63) is 11.1 Å². The van der Waals surface area contributed by atoms with Crippen molar-refractivity contribution in [2.45, 2.75) is 25.7 Å². The molecule has 0 spiro atoms. The van der Waals surface area contributed by atoms with E-state index in [2.05, 4.69) is 10.3 Å². The van der Waals surface area contributed by atoms with Crippen molar-refractivity contribution in [3.63, 3.8) is 0 Å². The van der Waals surface area contributed by atoms with Crippen LogP contribution in [0.2, 0.25) is 0 Å². The van der Waals surface area contributed by atoms with Crippen LogP contribution >= 0.6 is 11.3 Å². The van der Waals surface area contributed by atoms with Gasteiger partial charge in [0.2, 0.25) is 0 Å². The molecule has 0 radical (unpaired) electrons. The Morgan fingerprint density at radius 1 is 1.47 bits per heavy atom. The molecule has 1 aliphatic carbocycles. The fourth-order valence-electron chi connectivity index (χ4n) is 1.61. The molecule has 1 aromatic heterocycles. The maximum Gasteiger partial charge on any atom is 0.180 e. The lowest BCUT2D eigenvalue weighted by molar-refractivity contribution is 0.122. The minimum Gasteiger partial charge on any atom is -0.381 e. The molecule has 96 valence electrons. The van der Waals surface area contributed by atoms with E-state index in [9.17, 15) is 0 Å². The van der Waals surface area contributed by atoms with E-state index in [1.54, 1.807) is 0 Å². The van der Waals surface area contributed by atoms with E-state index in [-0.39, 0.29) is 0 Å². The molecule has 4 nitrogen and oxygen atoms in total. The van der Waals surface area contributed by atoms with Crippen LogP contribution in [0.25, 0.3) is 0 Å². The highest BCUT2D eigenvalue weighted by Crippen LogP contribution is 2.28. The molecule has 2 rings (SSSR count). The molecule has 1 fully saturated rings. The maximum absolute atomic E-state index is 5.56. The van der Waals surface area contributed by atoms with E-state index >= 15 is 0 Å². The molecule has 1 heterocycles. The van der Waals surface area contributed by atoms with Crippen LogP contribution in [0.5, 0.6) is 0 Å². The van der Waals surface area contributed by atoms with Crippen molar-refractivity contribution in [2.24, 2.45) is 5.92 Å². The van der Waals surface area contributed by atoms with Gasteiger partial charge in [0.1, 0.15) is 0 Å². The van der Waals surface area contributed by atoms with E-state index in [1.807, 2.05) is 5.38 Å². The molecule has 0 atom stereocenters. The summed E-state index contributed by atoms with van der Waals surface area (Å²) in [6, 6.07) is 0. The monoisotopic (exact) mass is 255 g/mol. The SMILES string of the molecule is Nc1nc(CCNCCCOCC2CC2)cs1. The molecule has 1 saturated carbocycles. The summed E-state index contributed by atoms with van der Waals surface area (Å²) in [6.07, 6.45) is 4.78. The highest BCUT2D eigenvalue weighted by Gasteiger charge is 2.20. The van der Waals surface area contributed by atoms with Gasteiger partial charge >= 0.3 is 0 Å². The number of hydrogen-bond donors (Lipinski definition) is 2. The van der Waals surface area contributed by atoms with Crippen molar-refractivity contribution in [1.82, 2.24) is 10.3 Å². The van der Waals surface area contributed by atoms with Gasteiger partial charge in [0.25, 0.3) is 0 Å². The number of nitrogens with zero attached hydrogens (tertiary/aromatic N) is 1. The number of aromatic nitrogens is 1. The Bertz CT molecular complexity index is 325. The molecule has 0 amide bonds. The summed E-state index contributed by atoms with van der Waals surface area (Å²) in [5.74, 6) is 0.873. The average molecular weight is 255 g/mol. The van der Waals surface area contributed by atoms with E-state index in [1.165, 1.54) is 24.2 Å². The summed E-state index contributed by atoms with van der Waals surface area (Å²) in [5.41, 5.74) is 6.65. The normalized spacial score (nSPS) is 15.3. The first kappa shape index (κ1) is 12.8. The molecular weight excluding hydrogens is 234 g/mol. The Kier molecular flexibility index (Phi) is 5.22. The summed E-state index contributed by atoms with van der Waals surface area (Å²) in [7, 11) is 0. The van der Waals surface area contributed by atoms with Crippen molar-refractivity contribution in [2.75, 3.05) is 32.0 Å². The zero-order valence-electron chi connectivity index (χ0n) is 10.2. The fraction of sp³-hybridized carbons (Fsp3) is 0.750. The topological polar surface area (TPSA) is 60.2 Å². The number of nitrogens with one attached hydrogen (secondary N) is 1. The van der Waals surface area contributed by atoms with Gasteiger partial charge in [-0.2, -0.15) is 0 Å².